The largest absolute Gasteiger partial charge is 0.465 e. The molecule has 0 radical (unpaired) electrons. The summed E-state index contributed by atoms with van der Waals surface area (Å²) in [4.78, 5) is 24.3. The zero-order valence-corrected chi connectivity index (χ0v) is 13.1. The lowest BCUT2D eigenvalue weighted by molar-refractivity contribution is -0.114. The van der Waals surface area contributed by atoms with E-state index in [2.05, 4.69) is 5.32 Å². The van der Waals surface area contributed by atoms with Crippen molar-refractivity contribution in [3.8, 4) is 0 Å². The van der Waals surface area contributed by atoms with Gasteiger partial charge in [0.2, 0.25) is 5.91 Å². The Bertz CT molecular complexity index is 668. The van der Waals surface area contributed by atoms with Crippen LogP contribution in [-0.4, -0.2) is 19.0 Å². The molecule has 0 aliphatic carbocycles. The van der Waals surface area contributed by atoms with Crippen LogP contribution in [0.3, 0.4) is 0 Å². The van der Waals surface area contributed by atoms with E-state index >= 15 is 0 Å². The molecule has 0 aliphatic rings. The summed E-state index contributed by atoms with van der Waals surface area (Å²) in [6.07, 6.45) is 0. The predicted octanol–water partition coefficient (Wildman–Crippen LogP) is 3.23. The molecule has 1 aromatic heterocycles. The molecule has 1 amide bonds. The van der Waals surface area contributed by atoms with Crippen LogP contribution in [0.15, 0.2) is 39.4 Å². The highest BCUT2D eigenvalue weighted by Crippen LogP contribution is 2.45. The second kappa shape index (κ2) is 6.64. The Labute approximate surface area is 130 Å². The standard InChI is InChI=1S/C14H14N2O3S2/c1-8(17)16-11-10(15)12(13(18)19-2)21-14(11)20-9-6-4-3-5-7-9/h3-7H,15H2,1-2H3,(H,16,17). The number of carbonyl (C=O) groups excluding carboxylic acids is 2. The maximum atomic E-state index is 11.7. The molecular formula is C14H14N2O3S2. The molecule has 5 nitrogen and oxygen atoms in total. The Morgan fingerprint density at radius 2 is 1.95 bits per heavy atom. The normalized spacial score (nSPS) is 10.2. The highest BCUT2D eigenvalue weighted by Gasteiger charge is 2.22. The zero-order valence-electron chi connectivity index (χ0n) is 11.5. The Morgan fingerprint density at radius 1 is 1.29 bits per heavy atom. The Kier molecular flexibility index (Phi) is 4.87. The molecule has 0 atom stereocenters. The lowest BCUT2D eigenvalue weighted by atomic mass is 10.3. The third-order valence-electron chi connectivity index (χ3n) is 2.54. The van der Waals surface area contributed by atoms with Gasteiger partial charge < -0.3 is 15.8 Å². The van der Waals surface area contributed by atoms with Crippen molar-refractivity contribution in [3.63, 3.8) is 0 Å². The number of amides is 1. The van der Waals surface area contributed by atoms with Gasteiger partial charge in [-0.2, -0.15) is 0 Å². The van der Waals surface area contributed by atoms with E-state index in [1.807, 2.05) is 30.3 Å². The van der Waals surface area contributed by atoms with Gasteiger partial charge >= 0.3 is 5.97 Å². The van der Waals surface area contributed by atoms with Gasteiger partial charge in [0, 0.05) is 11.8 Å². The number of hydrogen-bond acceptors (Lipinski definition) is 6. The minimum atomic E-state index is -0.510. The van der Waals surface area contributed by atoms with E-state index in [0.29, 0.717) is 10.6 Å². The van der Waals surface area contributed by atoms with Gasteiger partial charge in [-0.05, 0) is 12.1 Å². The SMILES string of the molecule is COC(=O)c1sc(Sc2ccccc2)c(NC(C)=O)c1N. The summed E-state index contributed by atoms with van der Waals surface area (Å²) in [5.41, 5.74) is 6.66. The third-order valence-corrected chi connectivity index (χ3v) is 4.92. The van der Waals surface area contributed by atoms with Gasteiger partial charge in [-0.1, -0.05) is 30.0 Å². The summed E-state index contributed by atoms with van der Waals surface area (Å²) < 4.78 is 5.45. The fourth-order valence-corrected chi connectivity index (χ4v) is 3.93. The first-order chi connectivity index (χ1) is 10.0. The monoisotopic (exact) mass is 322 g/mol. The number of ether oxygens (including phenoxy) is 1. The van der Waals surface area contributed by atoms with Crippen LogP contribution in [-0.2, 0) is 9.53 Å². The minimum absolute atomic E-state index is 0.237. The average Bonchev–Trinajstić information content (AvgIpc) is 2.76. The topological polar surface area (TPSA) is 81.4 Å². The van der Waals surface area contributed by atoms with E-state index in [1.165, 1.54) is 37.1 Å². The molecule has 0 spiro atoms. The first kappa shape index (κ1) is 15.4. The predicted molar refractivity (Wildman–Crippen MR) is 84.9 cm³/mol. The molecule has 21 heavy (non-hydrogen) atoms. The van der Waals surface area contributed by atoms with Crippen molar-refractivity contribution >= 4 is 46.3 Å². The number of nitrogens with two attached hydrogens (primary N) is 1. The number of methoxy groups -OCH3 is 1. The molecule has 1 heterocycles. The van der Waals surface area contributed by atoms with Crippen molar-refractivity contribution in [3.05, 3.63) is 35.2 Å². The highest BCUT2D eigenvalue weighted by molar-refractivity contribution is 8.01. The number of anilines is 2. The molecule has 2 aromatic rings. The summed E-state index contributed by atoms with van der Waals surface area (Å²) in [5, 5.41) is 2.68. The number of esters is 1. The van der Waals surface area contributed by atoms with Crippen LogP contribution >= 0.6 is 23.1 Å². The molecule has 110 valence electrons. The average molecular weight is 322 g/mol. The smallest absolute Gasteiger partial charge is 0.350 e. The summed E-state index contributed by atoms with van der Waals surface area (Å²) >= 11 is 2.64. The van der Waals surface area contributed by atoms with Gasteiger partial charge in [0.15, 0.2) is 0 Å². The number of nitrogen functional groups attached to an aromatic ring is 1. The molecule has 0 fully saturated rings. The molecular weight excluding hydrogens is 308 g/mol. The first-order valence-electron chi connectivity index (χ1n) is 6.04. The number of benzene rings is 1. The van der Waals surface area contributed by atoms with E-state index in [1.54, 1.807) is 0 Å². The second-order valence-electron chi connectivity index (χ2n) is 4.10. The van der Waals surface area contributed by atoms with Crippen LogP contribution in [0, 0.1) is 0 Å². The summed E-state index contributed by atoms with van der Waals surface area (Å²) in [6, 6.07) is 9.63. The lowest BCUT2D eigenvalue weighted by Crippen LogP contribution is -2.09. The highest BCUT2D eigenvalue weighted by atomic mass is 32.2. The van der Waals surface area contributed by atoms with Crippen molar-refractivity contribution in [2.75, 3.05) is 18.2 Å². The van der Waals surface area contributed by atoms with Crippen molar-refractivity contribution < 1.29 is 14.3 Å². The summed E-state index contributed by atoms with van der Waals surface area (Å²) in [6.45, 7) is 1.39. The van der Waals surface area contributed by atoms with Crippen LogP contribution in [0.4, 0.5) is 11.4 Å². The van der Waals surface area contributed by atoms with Crippen LogP contribution in [0.25, 0.3) is 0 Å². The van der Waals surface area contributed by atoms with Crippen molar-refractivity contribution in [2.45, 2.75) is 16.0 Å². The van der Waals surface area contributed by atoms with Crippen LogP contribution in [0.5, 0.6) is 0 Å². The Balaban J connectivity index is 2.42. The van der Waals surface area contributed by atoms with Crippen molar-refractivity contribution in [2.24, 2.45) is 0 Å². The third kappa shape index (κ3) is 3.56. The molecule has 0 aliphatic heterocycles. The molecule has 1 aromatic carbocycles. The van der Waals surface area contributed by atoms with E-state index in [0.717, 1.165) is 9.10 Å². The second-order valence-corrected chi connectivity index (χ2v) is 6.46. The quantitative estimate of drug-likeness (QED) is 0.845. The van der Waals surface area contributed by atoms with Gasteiger partial charge in [-0.3, -0.25) is 4.79 Å². The van der Waals surface area contributed by atoms with Crippen LogP contribution in [0.2, 0.25) is 0 Å². The van der Waals surface area contributed by atoms with Crippen LogP contribution in [0.1, 0.15) is 16.6 Å². The molecule has 7 heteroatoms. The number of thiophene rings is 1. The van der Waals surface area contributed by atoms with Gasteiger partial charge in [-0.15, -0.1) is 11.3 Å². The molecule has 0 unspecified atom stereocenters. The summed E-state index contributed by atoms with van der Waals surface area (Å²) in [5.74, 6) is -0.755. The number of hydrogen-bond donors (Lipinski definition) is 2. The number of carbonyl (C=O) groups is 2. The van der Waals surface area contributed by atoms with E-state index in [-0.39, 0.29) is 11.6 Å². The molecule has 0 bridgehead atoms. The van der Waals surface area contributed by atoms with E-state index in [9.17, 15) is 9.59 Å². The van der Waals surface area contributed by atoms with Crippen molar-refractivity contribution in [1.82, 2.24) is 0 Å². The van der Waals surface area contributed by atoms with Gasteiger partial charge in [-0.25, -0.2) is 4.79 Å². The number of nitrogens with one attached hydrogen (secondary N) is 1. The van der Waals surface area contributed by atoms with Gasteiger partial charge in [0.1, 0.15) is 4.88 Å². The van der Waals surface area contributed by atoms with E-state index < -0.39 is 5.97 Å². The Morgan fingerprint density at radius 3 is 2.52 bits per heavy atom. The maximum Gasteiger partial charge on any atom is 0.350 e. The van der Waals surface area contributed by atoms with Gasteiger partial charge in [0.05, 0.1) is 22.7 Å². The summed E-state index contributed by atoms with van der Waals surface area (Å²) in [7, 11) is 1.30. The number of rotatable bonds is 4. The van der Waals surface area contributed by atoms with Gasteiger partial charge in [0.25, 0.3) is 0 Å². The first-order valence-corrected chi connectivity index (χ1v) is 7.67. The molecule has 0 saturated carbocycles. The lowest BCUT2D eigenvalue weighted by Gasteiger charge is -2.05. The maximum absolute atomic E-state index is 11.7. The minimum Gasteiger partial charge on any atom is -0.465 e. The fourth-order valence-electron chi connectivity index (χ4n) is 1.63. The molecule has 0 saturated heterocycles. The van der Waals surface area contributed by atoms with Crippen molar-refractivity contribution in [1.29, 1.82) is 0 Å². The Hall–Kier alpha value is -1.99. The van der Waals surface area contributed by atoms with E-state index in [4.69, 9.17) is 10.5 Å². The molecule has 3 N–H and O–H groups in total. The molecule has 2 rings (SSSR count). The van der Waals surface area contributed by atoms with Crippen LogP contribution < -0.4 is 11.1 Å². The zero-order chi connectivity index (χ0) is 15.4. The fraction of sp³-hybridized carbons (Fsp3) is 0.143.